The SMILES string of the molecule is CCOC(=O)C1=C(C)N=c2s/c(=C\c3cccc(OCc4ccc(Br)cc4)c3)c(=O)n2[C@@H]1c1ccc(F)cc1. The number of thiazole rings is 1. The van der Waals surface area contributed by atoms with Gasteiger partial charge in [0.25, 0.3) is 5.56 Å². The quantitative estimate of drug-likeness (QED) is 0.268. The van der Waals surface area contributed by atoms with E-state index < -0.39 is 17.8 Å². The zero-order chi connectivity index (χ0) is 27.5. The van der Waals surface area contributed by atoms with Crippen LogP contribution in [0, 0.1) is 5.82 Å². The van der Waals surface area contributed by atoms with Gasteiger partial charge in [0.15, 0.2) is 4.80 Å². The van der Waals surface area contributed by atoms with Crippen LogP contribution in [0.4, 0.5) is 4.39 Å². The molecule has 1 aliphatic heterocycles. The van der Waals surface area contributed by atoms with Crippen LogP contribution >= 0.6 is 27.3 Å². The molecule has 6 nitrogen and oxygen atoms in total. The zero-order valence-electron chi connectivity index (χ0n) is 21.2. The molecule has 0 bridgehead atoms. The van der Waals surface area contributed by atoms with E-state index in [0.29, 0.717) is 33.0 Å². The summed E-state index contributed by atoms with van der Waals surface area (Å²) in [5.74, 6) is -0.297. The molecule has 198 valence electrons. The fourth-order valence-corrected chi connectivity index (χ4v) is 5.66. The number of nitrogens with zero attached hydrogens (tertiary/aromatic N) is 2. The maximum atomic E-state index is 13.7. The molecule has 5 rings (SSSR count). The lowest BCUT2D eigenvalue weighted by Gasteiger charge is -2.24. The Morgan fingerprint density at radius 1 is 1.13 bits per heavy atom. The lowest BCUT2D eigenvalue weighted by Crippen LogP contribution is -2.39. The Morgan fingerprint density at radius 3 is 2.59 bits per heavy atom. The number of carbonyl (C=O) groups excluding carboxylic acids is 1. The predicted molar refractivity (Wildman–Crippen MR) is 152 cm³/mol. The first-order valence-corrected chi connectivity index (χ1v) is 13.9. The van der Waals surface area contributed by atoms with Crippen LogP contribution in [0.2, 0.25) is 0 Å². The first kappa shape index (κ1) is 26.8. The highest BCUT2D eigenvalue weighted by atomic mass is 79.9. The van der Waals surface area contributed by atoms with Gasteiger partial charge in [-0.15, -0.1) is 0 Å². The van der Waals surface area contributed by atoms with E-state index in [1.165, 1.54) is 28.0 Å². The predicted octanol–water partition coefficient (Wildman–Crippen LogP) is 5.28. The highest BCUT2D eigenvalue weighted by molar-refractivity contribution is 9.10. The molecule has 9 heteroatoms. The molecule has 0 amide bonds. The van der Waals surface area contributed by atoms with E-state index in [-0.39, 0.29) is 17.7 Å². The summed E-state index contributed by atoms with van der Waals surface area (Å²) in [5.41, 5.74) is 2.82. The van der Waals surface area contributed by atoms with Crippen molar-refractivity contribution in [2.24, 2.45) is 4.99 Å². The Kier molecular flexibility index (Phi) is 7.90. The van der Waals surface area contributed by atoms with Gasteiger partial charge in [0, 0.05) is 4.47 Å². The third kappa shape index (κ3) is 5.79. The van der Waals surface area contributed by atoms with Crippen LogP contribution in [0.5, 0.6) is 5.75 Å². The Balaban J connectivity index is 1.53. The number of aromatic nitrogens is 1. The van der Waals surface area contributed by atoms with Crippen LogP contribution in [-0.2, 0) is 16.1 Å². The van der Waals surface area contributed by atoms with Crippen molar-refractivity contribution < 1.29 is 18.7 Å². The molecule has 0 spiro atoms. The van der Waals surface area contributed by atoms with Gasteiger partial charge in [-0.25, -0.2) is 14.2 Å². The minimum Gasteiger partial charge on any atom is -0.489 e. The van der Waals surface area contributed by atoms with Crippen molar-refractivity contribution in [3.63, 3.8) is 0 Å². The van der Waals surface area contributed by atoms with Crippen molar-refractivity contribution in [2.75, 3.05) is 6.61 Å². The molecule has 0 radical (unpaired) electrons. The van der Waals surface area contributed by atoms with Crippen LogP contribution < -0.4 is 19.6 Å². The van der Waals surface area contributed by atoms with Gasteiger partial charge in [0.05, 0.1) is 28.5 Å². The molecular formula is C30H24BrFN2O4S. The Labute approximate surface area is 236 Å². The third-order valence-corrected chi connectivity index (χ3v) is 7.69. The Bertz CT molecular complexity index is 1740. The lowest BCUT2D eigenvalue weighted by molar-refractivity contribution is -0.139. The standard InChI is InChI=1S/C30H24BrFN2O4S/c1-3-37-29(36)26-18(2)33-30-34(27(26)21-9-13-23(32)14-10-21)28(35)25(39-30)16-20-5-4-6-24(15-20)38-17-19-7-11-22(31)12-8-19/h4-16,27H,3,17H2,1-2H3/b25-16-/t27-/m1/s1. The van der Waals surface area contributed by atoms with E-state index in [2.05, 4.69) is 20.9 Å². The summed E-state index contributed by atoms with van der Waals surface area (Å²) >= 11 is 4.66. The molecular weight excluding hydrogens is 583 g/mol. The minimum atomic E-state index is -0.788. The van der Waals surface area contributed by atoms with Crippen molar-refractivity contribution in [3.05, 3.63) is 131 Å². The molecule has 0 fully saturated rings. The van der Waals surface area contributed by atoms with Gasteiger partial charge in [-0.2, -0.15) is 0 Å². The van der Waals surface area contributed by atoms with Gasteiger partial charge in [0.2, 0.25) is 0 Å². The molecule has 39 heavy (non-hydrogen) atoms. The summed E-state index contributed by atoms with van der Waals surface area (Å²) in [5, 5.41) is 0. The van der Waals surface area contributed by atoms with Gasteiger partial charge < -0.3 is 9.47 Å². The Morgan fingerprint density at radius 2 is 1.87 bits per heavy atom. The monoisotopic (exact) mass is 606 g/mol. The second-order valence-corrected chi connectivity index (χ2v) is 10.8. The number of hydrogen-bond donors (Lipinski definition) is 0. The molecule has 1 atom stereocenters. The largest absolute Gasteiger partial charge is 0.489 e. The number of carbonyl (C=O) groups is 1. The number of halogens is 2. The number of benzene rings is 3. The molecule has 0 saturated heterocycles. The van der Waals surface area contributed by atoms with E-state index in [9.17, 15) is 14.0 Å². The minimum absolute atomic E-state index is 0.177. The normalized spacial score (nSPS) is 15.1. The summed E-state index contributed by atoms with van der Waals surface area (Å²) in [6, 6.07) is 20.3. The number of fused-ring (bicyclic) bond motifs is 1. The van der Waals surface area contributed by atoms with Gasteiger partial charge >= 0.3 is 5.97 Å². The van der Waals surface area contributed by atoms with E-state index in [0.717, 1.165) is 15.6 Å². The number of hydrogen-bond acceptors (Lipinski definition) is 6. The van der Waals surface area contributed by atoms with E-state index in [4.69, 9.17) is 9.47 Å². The fourth-order valence-electron chi connectivity index (χ4n) is 4.34. The first-order chi connectivity index (χ1) is 18.8. The van der Waals surface area contributed by atoms with Crippen molar-refractivity contribution in [2.45, 2.75) is 26.5 Å². The van der Waals surface area contributed by atoms with E-state index in [1.54, 1.807) is 32.1 Å². The van der Waals surface area contributed by atoms with Crippen LogP contribution in [-0.4, -0.2) is 17.1 Å². The maximum absolute atomic E-state index is 13.7. The molecule has 1 aliphatic rings. The summed E-state index contributed by atoms with van der Waals surface area (Å²) in [4.78, 5) is 31.7. The average molecular weight is 608 g/mol. The second kappa shape index (κ2) is 11.5. The van der Waals surface area contributed by atoms with E-state index >= 15 is 0 Å². The number of esters is 1. The van der Waals surface area contributed by atoms with Crippen molar-refractivity contribution in [3.8, 4) is 5.75 Å². The van der Waals surface area contributed by atoms with Gasteiger partial charge in [0.1, 0.15) is 18.2 Å². The third-order valence-electron chi connectivity index (χ3n) is 6.18. The average Bonchev–Trinajstić information content (AvgIpc) is 3.22. The van der Waals surface area contributed by atoms with Crippen molar-refractivity contribution >= 4 is 39.3 Å². The van der Waals surface area contributed by atoms with Gasteiger partial charge in [-0.1, -0.05) is 63.7 Å². The van der Waals surface area contributed by atoms with Crippen LogP contribution in [0.15, 0.2) is 98.3 Å². The molecule has 0 N–H and O–H groups in total. The fraction of sp³-hybridized carbons (Fsp3) is 0.167. The zero-order valence-corrected chi connectivity index (χ0v) is 23.6. The summed E-state index contributed by atoms with van der Waals surface area (Å²) in [6.45, 7) is 4.02. The molecule has 2 heterocycles. The molecule has 0 saturated carbocycles. The first-order valence-electron chi connectivity index (χ1n) is 12.3. The lowest BCUT2D eigenvalue weighted by atomic mass is 9.96. The molecule has 3 aromatic carbocycles. The number of rotatable bonds is 7. The molecule has 0 aliphatic carbocycles. The van der Waals surface area contributed by atoms with Crippen LogP contribution in [0.25, 0.3) is 6.08 Å². The van der Waals surface area contributed by atoms with Crippen LogP contribution in [0.1, 0.15) is 36.6 Å². The summed E-state index contributed by atoms with van der Waals surface area (Å²) in [7, 11) is 0. The topological polar surface area (TPSA) is 69.9 Å². The van der Waals surface area contributed by atoms with Gasteiger partial charge in [-0.3, -0.25) is 9.36 Å². The Hall–Kier alpha value is -3.82. The second-order valence-electron chi connectivity index (χ2n) is 8.84. The molecule has 1 aromatic heterocycles. The highest BCUT2D eigenvalue weighted by Crippen LogP contribution is 2.30. The number of allylic oxidation sites excluding steroid dienone is 1. The molecule has 4 aromatic rings. The van der Waals surface area contributed by atoms with E-state index in [1.807, 2.05) is 48.5 Å². The summed E-state index contributed by atoms with van der Waals surface area (Å²) < 4.78 is 27.9. The number of ether oxygens (including phenoxy) is 2. The summed E-state index contributed by atoms with van der Waals surface area (Å²) in [6.07, 6.45) is 1.78. The van der Waals surface area contributed by atoms with Crippen molar-refractivity contribution in [1.29, 1.82) is 0 Å². The van der Waals surface area contributed by atoms with Crippen molar-refractivity contribution in [1.82, 2.24) is 4.57 Å². The molecule has 0 unspecified atom stereocenters. The smallest absolute Gasteiger partial charge is 0.338 e. The van der Waals surface area contributed by atoms with Gasteiger partial charge in [-0.05, 0) is 73.0 Å². The van der Waals surface area contributed by atoms with Crippen LogP contribution in [0.3, 0.4) is 0 Å². The highest BCUT2D eigenvalue weighted by Gasteiger charge is 2.33. The maximum Gasteiger partial charge on any atom is 0.338 e.